The van der Waals surface area contributed by atoms with Crippen molar-refractivity contribution in [2.24, 2.45) is 0 Å². The smallest absolute Gasteiger partial charge is 0.388 e. The Labute approximate surface area is 92.5 Å². The largest absolute Gasteiger partial charge is 0.469 e. The van der Waals surface area contributed by atoms with Crippen molar-refractivity contribution >= 4 is 18.2 Å². The molecule has 3 N–H and O–H groups in total. The van der Waals surface area contributed by atoms with Gasteiger partial charge >= 0.3 is 18.2 Å². The molecular weight excluding hydrogens is 267 g/mol. The maximum Gasteiger partial charge on any atom is 0.469 e. The minimum absolute atomic E-state index is 0.128. The number of aliphatic hydroxyl groups is 1. The van der Waals surface area contributed by atoms with Gasteiger partial charge in [-0.15, -0.1) is 0 Å². The van der Waals surface area contributed by atoms with Gasteiger partial charge in [0.1, 0.15) is 6.10 Å². The second-order valence-corrected chi connectivity index (χ2v) is 5.07. The molecule has 0 aromatic heterocycles. The topological polar surface area (TPSA) is 140 Å². The molecule has 0 spiro atoms. The molecule has 0 fully saturated rings. The Bertz CT molecular complexity index is 332. The van der Waals surface area contributed by atoms with Crippen LogP contribution in [0.3, 0.4) is 0 Å². The molecule has 0 radical (unpaired) electrons. The highest BCUT2D eigenvalue weighted by Gasteiger charge is 2.19. The molecule has 0 aliphatic carbocycles. The lowest BCUT2D eigenvalue weighted by Gasteiger charge is -2.11. The van der Waals surface area contributed by atoms with Gasteiger partial charge in [-0.1, -0.05) is 0 Å². The quantitative estimate of drug-likeness (QED) is 0.465. The highest BCUT2D eigenvalue weighted by Crippen LogP contribution is 2.35. The predicted octanol–water partition coefficient (Wildman–Crippen LogP) is -1.25. The van der Waals surface area contributed by atoms with Crippen LogP contribution in [0.5, 0.6) is 0 Å². The van der Waals surface area contributed by atoms with Gasteiger partial charge in [-0.05, 0) is 6.92 Å². The lowest BCUT2D eigenvalue weighted by Crippen LogP contribution is -2.24. The van der Waals surface area contributed by atoms with E-state index in [4.69, 9.17) is 14.9 Å². The zero-order valence-electron chi connectivity index (χ0n) is 8.35. The minimum atomic E-state index is -4.69. The summed E-state index contributed by atoms with van der Waals surface area (Å²) in [6.07, 6.45) is -1.50. The van der Waals surface area contributed by atoms with Gasteiger partial charge in [0.2, 0.25) is 0 Å². The van der Waals surface area contributed by atoms with Gasteiger partial charge in [0.05, 0.1) is 19.8 Å². The van der Waals surface area contributed by atoms with Gasteiger partial charge in [0.25, 0.3) is 0 Å². The average molecular weight is 280 g/mol. The maximum absolute atomic E-state index is 10.8. The van der Waals surface area contributed by atoms with Crippen LogP contribution in [0.2, 0.25) is 0 Å². The number of rotatable bonds is 8. The molecule has 0 amide bonds. The molecule has 16 heavy (non-hydrogen) atoms. The Hall–Kier alpha value is -0.0600. The van der Waals surface area contributed by atoms with Crippen molar-refractivity contribution in [2.45, 2.75) is 13.0 Å². The van der Waals surface area contributed by atoms with Crippen molar-refractivity contribution in [1.82, 2.24) is 0 Å². The fourth-order valence-electron chi connectivity index (χ4n) is 0.571. The zero-order valence-corrected chi connectivity index (χ0v) is 10.1. The number of phosphoric acid groups is 1. The molecule has 0 bridgehead atoms. The van der Waals surface area contributed by atoms with Crippen molar-refractivity contribution in [3.63, 3.8) is 0 Å². The molecule has 11 heteroatoms. The Morgan fingerprint density at radius 1 is 1.25 bits per heavy atom. The van der Waals surface area contributed by atoms with Crippen LogP contribution in [0.25, 0.3) is 0 Å². The summed E-state index contributed by atoms with van der Waals surface area (Å²) in [4.78, 5) is 16.5. The maximum atomic E-state index is 10.8. The van der Waals surface area contributed by atoms with E-state index in [1.807, 2.05) is 0 Å². The molecule has 0 heterocycles. The first-order valence-corrected chi connectivity index (χ1v) is 6.94. The van der Waals surface area contributed by atoms with Crippen LogP contribution in [0, 0.1) is 0 Å². The fraction of sp³-hybridized carbons (Fsp3) is 1.00. The van der Waals surface area contributed by atoms with Crippen molar-refractivity contribution in [3.05, 3.63) is 0 Å². The van der Waals surface area contributed by atoms with Gasteiger partial charge in [-0.3, -0.25) is 4.52 Å². The van der Waals surface area contributed by atoms with Gasteiger partial charge in [-0.2, -0.15) is 8.42 Å². The molecule has 98 valence electrons. The lowest BCUT2D eigenvalue weighted by molar-refractivity contribution is 0.0459. The SMILES string of the molecule is CCOS(=O)(=O)OCC(O)COP(=O)(O)O. The summed E-state index contributed by atoms with van der Waals surface area (Å²) in [5, 5.41) is 9.03. The summed E-state index contributed by atoms with van der Waals surface area (Å²) in [6, 6.07) is 0. The number of hydrogen-bond acceptors (Lipinski definition) is 7. The number of hydrogen-bond donors (Lipinski definition) is 3. The summed E-state index contributed by atoms with van der Waals surface area (Å²) in [5.41, 5.74) is 0. The average Bonchev–Trinajstić information content (AvgIpc) is 2.10. The highest BCUT2D eigenvalue weighted by atomic mass is 32.3. The van der Waals surface area contributed by atoms with Crippen LogP contribution in [0.1, 0.15) is 6.92 Å². The molecule has 0 aromatic carbocycles. The molecule has 9 nitrogen and oxygen atoms in total. The highest BCUT2D eigenvalue weighted by molar-refractivity contribution is 7.81. The van der Waals surface area contributed by atoms with Crippen LogP contribution in [0.15, 0.2) is 0 Å². The standard InChI is InChI=1S/C5H13O9PS/c1-2-13-16(10,11)14-4-5(6)3-12-15(7,8)9/h5-6H,2-4H2,1H3,(H2,7,8,9). The van der Waals surface area contributed by atoms with E-state index in [1.54, 1.807) is 0 Å². The Morgan fingerprint density at radius 2 is 1.81 bits per heavy atom. The first kappa shape index (κ1) is 15.9. The lowest BCUT2D eigenvalue weighted by atomic mass is 10.4. The molecule has 0 rings (SSSR count). The zero-order chi connectivity index (χ0) is 12.8. The molecule has 0 aliphatic heterocycles. The van der Waals surface area contributed by atoms with E-state index < -0.39 is 37.5 Å². The molecule has 0 aromatic rings. The van der Waals surface area contributed by atoms with Crippen LogP contribution >= 0.6 is 7.82 Å². The van der Waals surface area contributed by atoms with Crippen molar-refractivity contribution in [1.29, 1.82) is 0 Å². The third-order valence-electron chi connectivity index (χ3n) is 1.10. The molecule has 0 saturated carbocycles. The second kappa shape index (κ2) is 6.62. The first-order valence-electron chi connectivity index (χ1n) is 4.08. The molecule has 0 aliphatic rings. The van der Waals surface area contributed by atoms with Crippen LogP contribution in [-0.4, -0.2) is 49.2 Å². The van der Waals surface area contributed by atoms with E-state index in [2.05, 4.69) is 12.9 Å². The van der Waals surface area contributed by atoms with Gasteiger partial charge in [-0.25, -0.2) is 12.9 Å². The van der Waals surface area contributed by atoms with E-state index in [0.29, 0.717) is 0 Å². The number of aliphatic hydroxyl groups excluding tert-OH is 1. The summed E-state index contributed by atoms with van der Waals surface area (Å²) < 4.78 is 44.0. The van der Waals surface area contributed by atoms with Gasteiger partial charge in [0.15, 0.2) is 0 Å². The third kappa shape index (κ3) is 9.19. The fourth-order valence-corrected chi connectivity index (χ4v) is 1.62. The molecule has 1 unspecified atom stereocenters. The Kier molecular flexibility index (Phi) is 6.60. The van der Waals surface area contributed by atoms with Crippen LogP contribution < -0.4 is 0 Å². The summed E-state index contributed by atoms with van der Waals surface area (Å²) in [6.45, 7) is -0.181. The van der Waals surface area contributed by atoms with Crippen LogP contribution in [-0.2, 0) is 27.9 Å². The number of phosphoric ester groups is 1. The predicted molar refractivity (Wildman–Crippen MR) is 50.5 cm³/mol. The summed E-state index contributed by atoms with van der Waals surface area (Å²) in [5.74, 6) is 0. The van der Waals surface area contributed by atoms with E-state index in [-0.39, 0.29) is 6.61 Å². The minimum Gasteiger partial charge on any atom is -0.388 e. The molecule has 0 saturated heterocycles. The van der Waals surface area contributed by atoms with E-state index >= 15 is 0 Å². The van der Waals surface area contributed by atoms with Crippen molar-refractivity contribution in [3.8, 4) is 0 Å². The summed E-state index contributed by atoms with van der Waals surface area (Å²) >= 11 is 0. The molecular formula is C5H13O9PS. The van der Waals surface area contributed by atoms with Crippen LogP contribution in [0.4, 0.5) is 0 Å². The van der Waals surface area contributed by atoms with E-state index in [9.17, 15) is 13.0 Å². The first-order chi connectivity index (χ1) is 7.16. The monoisotopic (exact) mass is 280 g/mol. The Balaban J connectivity index is 3.90. The normalized spacial score (nSPS) is 15.0. The summed E-state index contributed by atoms with van der Waals surface area (Å²) in [7, 11) is -8.88. The Morgan fingerprint density at radius 3 is 2.25 bits per heavy atom. The van der Waals surface area contributed by atoms with Crippen molar-refractivity contribution in [2.75, 3.05) is 19.8 Å². The molecule has 1 atom stereocenters. The third-order valence-corrected chi connectivity index (χ3v) is 2.54. The van der Waals surface area contributed by atoms with E-state index in [1.165, 1.54) is 6.92 Å². The second-order valence-electron chi connectivity index (χ2n) is 2.54. The van der Waals surface area contributed by atoms with E-state index in [0.717, 1.165) is 0 Å². The van der Waals surface area contributed by atoms with Gasteiger partial charge < -0.3 is 14.9 Å². The van der Waals surface area contributed by atoms with Gasteiger partial charge in [0, 0.05) is 0 Å². The van der Waals surface area contributed by atoms with Crippen molar-refractivity contribution < 1.29 is 40.8 Å².